The number of hydrogen-bond acceptors (Lipinski definition) is 7. The summed E-state index contributed by atoms with van der Waals surface area (Å²) in [4.78, 5) is 28.4. The van der Waals surface area contributed by atoms with Gasteiger partial charge in [0.15, 0.2) is 0 Å². The van der Waals surface area contributed by atoms with E-state index in [9.17, 15) is 18.4 Å². The Hall–Kier alpha value is -3.89. The fourth-order valence-electron chi connectivity index (χ4n) is 3.16. The average Bonchev–Trinajstić information content (AvgIpc) is 3.32. The van der Waals surface area contributed by atoms with Gasteiger partial charge in [-0.2, -0.15) is 0 Å². The highest BCUT2D eigenvalue weighted by Crippen LogP contribution is 2.32. The third-order valence-electron chi connectivity index (χ3n) is 4.59. The summed E-state index contributed by atoms with van der Waals surface area (Å²) in [7, 11) is 0. The van der Waals surface area contributed by atoms with Crippen molar-refractivity contribution in [3.63, 3.8) is 0 Å². The van der Waals surface area contributed by atoms with E-state index in [1.54, 1.807) is 6.92 Å². The van der Waals surface area contributed by atoms with Crippen LogP contribution in [0.2, 0.25) is 0 Å². The number of benzene rings is 1. The van der Waals surface area contributed by atoms with Crippen molar-refractivity contribution >= 4 is 17.7 Å². The van der Waals surface area contributed by atoms with Gasteiger partial charge >= 0.3 is 6.09 Å². The Bertz CT molecular complexity index is 1130. The molecule has 31 heavy (non-hydrogen) atoms. The van der Waals surface area contributed by atoms with Crippen LogP contribution in [0.25, 0.3) is 22.7 Å². The van der Waals surface area contributed by atoms with Crippen molar-refractivity contribution in [1.29, 1.82) is 0 Å². The van der Waals surface area contributed by atoms with E-state index >= 15 is 0 Å². The fourth-order valence-corrected chi connectivity index (χ4v) is 3.16. The minimum absolute atomic E-state index is 0.0139. The van der Waals surface area contributed by atoms with E-state index in [1.807, 2.05) is 0 Å². The number of carbonyl (C=O) groups excluding carboxylic acids is 2. The lowest BCUT2D eigenvalue weighted by molar-refractivity contribution is -0.119. The summed E-state index contributed by atoms with van der Waals surface area (Å²) in [6, 6.07) is 5.10. The zero-order valence-corrected chi connectivity index (χ0v) is 16.6. The zero-order chi connectivity index (χ0) is 22.1. The van der Waals surface area contributed by atoms with Crippen molar-refractivity contribution in [3.8, 4) is 22.7 Å². The number of cyclic esters (lactones) is 1. The van der Waals surface area contributed by atoms with Gasteiger partial charge in [-0.05, 0) is 18.2 Å². The van der Waals surface area contributed by atoms with Crippen LogP contribution in [0.3, 0.4) is 0 Å². The van der Waals surface area contributed by atoms with E-state index in [1.165, 1.54) is 25.3 Å². The average molecular weight is 429 g/mol. The predicted octanol–water partition coefficient (Wildman–Crippen LogP) is 2.85. The van der Waals surface area contributed by atoms with Gasteiger partial charge in [-0.1, -0.05) is 6.07 Å². The van der Waals surface area contributed by atoms with Crippen LogP contribution in [0, 0.1) is 18.6 Å². The lowest BCUT2D eigenvalue weighted by atomic mass is 10.0. The summed E-state index contributed by atoms with van der Waals surface area (Å²) in [5.41, 5.74) is 0.299. The molecule has 0 spiro atoms. The summed E-state index contributed by atoms with van der Waals surface area (Å²) in [6.45, 7) is 3.13. The molecule has 0 bridgehead atoms. The zero-order valence-electron chi connectivity index (χ0n) is 16.6. The largest absolute Gasteiger partial charge is 0.442 e. The number of nitrogens with one attached hydrogen (secondary N) is 1. The van der Waals surface area contributed by atoms with Crippen molar-refractivity contribution < 1.29 is 27.5 Å². The van der Waals surface area contributed by atoms with Crippen LogP contribution in [0.1, 0.15) is 12.8 Å². The number of amides is 2. The van der Waals surface area contributed by atoms with Gasteiger partial charge in [-0.3, -0.25) is 14.7 Å². The Kier molecular flexibility index (Phi) is 5.32. The smallest absolute Gasteiger partial charge is 0.414 e. The number of rotatable bonds is 5. The molecule has 2 aromatic heterocycles. The Morgan fingerprint density at radius 1 is 1.26 bits per heavy atom. The highest BCUT2D eigenvalue weighted by atomic mass is 19.1. The number of pyridine rings is 1. The number of carbonyl (C=O) groups is 2. The molecule has 160 valence electrons. The first-order chi connectivity index (χ1) is 14.8. The lowest BCUT2D eigenvalue weighted by Gasteiger charge is -2.15. The van der Waals surface area contributed by atoms with Gasteiger partial charge in [-0.25, -0.2) is 13.6 Å². The maximum Gasteiger partial charge on any atom is 0.414 e. The molecular weight excluding hydrogens is 412 g/mol. The first-order valence-corrected chi connectivity index (χ1v) is 9.30. The van der Waals surface area contributed by atoms with Crippen molar-refractivity contribution in [2.45, 2.75) is 20.0 Å². The number of nitrogens with zero attached hydrogens (tertiary/aromatic N) is 4. The van der Waals surface area contributed by atoms with E-state index < -0.39 is 23.8 Å². The van der Waals surface area contributed by atoms with Gasteiger partial charge in [0.25, 0.3) is 5.89 Å². The molecule has 1 fully saturated rings. The van der Waals surface area contributed by atoms with Crippen LogP contribution >= 0.6 is 0 Å². The van der Waals surface area contributed by atoms with Gasteiger partial charge in [0, 0.05) is 25.6 Å². The molecule has 0 aliphatic carbocycles. The monoisotopic (exact) mass is 429 g/mol. The summed E-state index contributed by atoms with van der Waals surface area (Å²) < 4.78 is 40.0. The van der Waals surface area contributed by atoms with Crippen molar-refractivity contribution in [2.24, 2.45) is 0 Å². The number of ether oxygens (including phenoxy) is 1. The molecule has 1 aliphatic rings. The van der Waals surface area contributed by atoms with E-state index in [0.717, 1.165) is 17.0 Å². The van der Waals surface area contributed by atoms with Crippen molar-refractivity contribution in [2.75, 3.05) is 18.0 Å². The topological polar surface area (TPSA) is 110 Å². The molecule has 1 aromatic carbocycles. The number of aryl methyl sites for hydroxylation is 1. The third-order valence-corrected chi connectivity index (χ3v) is 4.59. The molecule has 3 heterocycles. The highest BCUT2D eigenvalue weighted by Gasteiger charge is 2.33. The molecule has 1 aliphatic heterocycles. The van der Waals surface area contributed by atoms with Crippen LogP contribution in [0.15, 0.2) is 34.9 Å². The second-order valence-corrected chi connectivity index (χ2v) is 6.90. The van der Waals surface area contributed by atoms with Gasteiger partial charge < -0.3 is 14.5 Å². The number of halogens is 2. The Morgan fingerprint density at radius 2 is 2.00 bits per heavy atom. The minimum atomic E-state index is -0.865. The molecule has 0 saturated carbocycles. The molecular formula is C20H17F2N5O4. The maximum absolute atomic E-state index is 14.8. The minimum Gasteiger partial charge on any atom is -0.442 e. The number of aromatic nitrogens is 3. The quantitative estimate of drug-likeness (QED) is 0.664. The Morgan fingerprint density at radius 3 is 2.58 bits per heavy atom. The van der Waals surface area contributed by atoms with Crippen LogP contribution in [0.5, 0.6) is 0 Å². The molecule has 1 N–H and O–H groups in total. The highest BCUT2D eigenvalue weighted by molar-refractivity contribution is 5.90. The molecule has 1 saturated heterocycles. The molecule has 3 aromatic rings. The second-order valence-electron chi connectivity index (χ2n) is 6.90. The van der Waals surface area contributed by atoms with Gasteiger partial charge in [-0.15, -0.1) is 10.2 Å². The van der Waals surface area contributed by atoms with Gasteiger partial charge in [0.2, 0.25) is 11.8 Å². The van der Waals surface area contributed by atoms with Crippen LogP contribution in [0.4, 0.5) is 19.3 Å². The van der Waals surface area contributed by atoms with Crippen molar-refractivity contribution in [3.05, 3.63) is 48.0 Å². The SMILES string of the molecule is CC(=O)NC[C@H]1CN(c2cc(F)c(-c3ccc(-c4nnc(C)o4)nc3)c(F)c2)C(=O)O1. The predicted molar refractivity (Wildman–Crippen MR) is 104 cm³/mol. The normalized spacial score (nSPS) is 15.8. The van der Waals surface area contributed by atoms with Crippen LogP contribution in [-0.2, 0) is 9.53 Å². The van der Waals surface area contributed by atoms with E-state index in [2.05, 4.69) is 20.5 Å². The van der Waals surface area contributed by atoms with E-state index in [4.69, 9.17) is 9.15 Å². The summed E-state index contributed by atoms with van der Waals surface area (Å²) in [5.74, 6) is -1.44. The molecule has 4 rings (SSSR count). The standard InChI is InChI=1S/C20H17F2N5O4/c1-10(28)23-8-14-9-27(20(29)31-14)13-5-15(21)18(16(22)6-13)12-3-4-17(24-7-12)19-26-25-11(2)30-19/h3-7,14H,8-9H2,1-2H3,(H,23,28)/t14-/m0/s1. The number of hydrogen-bond donors (Lipinski definition) is 1. The van der Waals surface area contributed by atoms with Crippen LogP contribution < -0.4 is 10.2 Å². The first-order valence-electron chi connectivity index (χ1n) is 9.30. The molecule has 9 nitrogen and oxygen atoms in total. The molecule has 0 unspecified atom stereocenters. The Balaban J connectivity index is 1.56. The second kappa shape index (κ2) is 8.09. The first kappa shape index (κ1) is 20.4. The number of anilines is 1. The lowest BCUT2D eigenvalue weighted by Crippen LogP contribution is -2.33. The summed E-state index contributed by atoms with van der Waals surface area (Å²) in [6.07, 6.45) is -0.0704. The maximum atomic E-state index is 14.8. The molecule has 11 heteroatoms. The van der Waals surface area contributed by atoms with Gasteiger partial charge in [0.1, 0.15) is 23.4 Å². The Labute approximate surface area is 175 Å². The molecule has 0 radical (unpaired) electrons. The van der Waals surface area contributed by atoms with Crippen LogP contribution in [-0.4, -0.2) is 46.4 Å². The third kappa shape index (κ3) is 4.20. The molecule has 2 amide bonds. The summed E-state index contributed by atoms with van der Waals surface area (Å²) in [5, 5.41) is 10.1. The summed E-state index contributed by atoms with van der Waals surface area (Å²) >= 11 is 0. The fraction of sp³-hybridized carbons (Fsp3) is 0.250. The van der Waals surface area contributed by atoms with E-state index in [0.29, 0.717) is 11.6 Å². The van der Waals surface area contributed by atoms with E-state index in [-0.39, 0.29) is 41.7 Å². The molecule has 1 atom stereocenters. The van der Waals surface area contributed by atoms with Gasteiger partial charge in [0.05, 0.1) is 24.3 Å². The van der Waals surface area contributed by atoms with Crippen molar-refractivity contribution in [1.82, 2.24) is 20.5 Å².